The molecule has 4 heterocycles. The molecule has 7 heteroatoms. The van der Waals surface area contributed by atoms with Crippen LogP contribution in [0.2, 0.25) is 0 Å². The smallest absolute Gasteiger partial charge is 0.250 e. The SMILES string of the molecule is CC(=O)Nc1ccc2c(c1)nc(CN1C[C@@H]3C[C@@H](C1)c1cccc(=O)n1C3)n2C. The number of anilines is 1. The predicted octanol–water partition coefficient (Wildman–Crippen LogP) is 2.31. The molecule has 0 spiro atoms. The maximum Gasteiger partial charge on any atom is 0.250 e. The van der Waals surface area contributed by atoms with Gasteiger partial charge in [-0.25, -0.2) is 4.98 Å². The van der Waals surface area contributed by atoms with E-state index in [0.29, 0.717) is 11.8 Å². The molecule has 5 rings (SSSR count). The molecule has 1 amide bonds. The number of imidazole rings is 1. The van der Waals surface area contributed by atoms with Crippen molar-refractivity contribution in [2.45, 2.75) is 32.4 Å². The van der Waals surface area contributed by atoms with Crippen molar-refractivity contribution in [3.63, 3.8) is 0 Å². The van der Waals surface area contributed by atoms with Crippen LogP contribution in [0.4, 0.5) is 5.69 Å². The van der Waals surface area contributed by atoms with Crippen molar-refractivity contribution < 1.29 is 4.79 Å². The summed E-state index contributed by atoms with van der Waals surface area (Å²) in [4.78, 5) is 30.8. The minimum absolute atomic E-state index is 0.0836. The van der Waals surface area contributed by atoms with Crippen molar-refractivity contribution in [3.05, 3.63) is 58.3 Å². The topological polar surface area (TPSA) is 72.2 Å². The zero-order chi connectivity index (χ0) is 20.1. The third kappa shape index (κ3) is 3.25. The lowest BCUT2D eigenvalue weighted by Gasteiger charge is -2.42. The Morgan fingerprint density at radius 3 is 2.90 bits per heavy atom. The van der Waals surface area contributed by atoms with Crippen molar-refractivity contribution in [1.29, 1.82) is 0 Å². The van der Waals surface area contributed by atoms with Crippen LogP contribution in [0.5, 0.6) is 0 Å². The van der Waals surface area contributed by atoms with Gasteiger partial charge in [-0.1, -0.05) is 6.07 Å². The molecule has 150 valence electrons. The molecular formula is C22H25N5O2. The van der Waals surface area contributed by atoms with Gasteiger partial charge in [0, 0.05) is 57.0 Å². The zero-order valence-corrected chi connectivity index (χ0v) is 16.8. The van der Waals surface area contributed by atoms with Crippen LogP contribution in [-0.4, -0.2) is 38.0 Å². The molecule has 29 heavy (non-hydrogen) atoms. The Hall–Kier alpha value is -2.93. The van der Waals surface area contributed by atoms with E-state index < -0.39 is 0 Å². The van der Waals surface area contributed by atoms with Gasteiger partial charge in [-0.15, -0.1) is 0 Å². The molecule has 1 saturated heterocycles. The van der Waals surface area contributed by atoms with Crippen LogP contribution >= 0.6 is 0 Å². The highest BCUT2D eigenvalue weighted by Crippen LogP contribution is 2.35. The second kappa shape index (κ2) is 6.84. The van der Waals surface area contributed by atoms with Crippen LogP contribution in [0.25, 0.3) is 11.0 Å². The first-order chi connectivity index (χ1) is 14.0. The number of aryl methyl sites for hydroxylation is 1. The number of fused-ring (bicyclic) bond motifs is 5. The average molecular weight is 391 g/mol. The van der Waals surface area contributed by atoms with E-state index in [9.17, 15) is 9.59 Å². The van der Waals surface area contributed by atoms with Crippen LogP contribution in [0.15, 0.2) is 41.2 Å². The molecular weight excluding hydrogens is 366 g/mol. The van der Waals surface area contributed by atoms with Gasteiger partial charge in [0.15, 0.2) is 0 Å². The maximum absolute atomic E-state index is 12.2. The molecule has 0 aliphatic carbocycles. The Morgan fingerprint density at radius 1 is 1.21 bits per heavy atom. The van der Waals surface area contributed by atoms with Crippen LogP contribution in [0.3, 0.4) is 0 Å². The molecule has 0 radical (unpaired) electrons. The first-order valence-corrected chi connectivity index (χ1v) is 10.1. The molecule has 1 fully saturated rings. The molecule has 0 unspecified atom stereocenters. The number of rotatable bonds is 3. The Bertz CT molecular complexity index is 1160. The summed E-state index contributed by atoms with van der Waals surface area (Å²) in [5, 5.41) is 2.82. The van der Waals surface area contributed by atoms with Gasteiger partial charge in [-0.3, -0.25) is 14.5 Å². The fourth-order valence-corrected chi connectivity index (χ4v) is 5.00. The Balaban J connectivity index is 1.40. The maximum atomic E-state index is 12.2. The number of piperidine rings is 1. The normalized spacial score (nSPS) is 21.2. The van der Waals surface area contributed by atoms with Crippen molar-refractivity contribution >= 4 is 22.6 Å². The highest BCUT2D eigenvalue weighted by atomic mass is 16.1. The molecule has 2 aliphatic heterocycles. The molecule has 2 aliphatic rings. The van der Waals surface area contributed by atoms with Gasteiger partial charge < -0.3 is 14.5 Å². The minimum Gasteiger partial charge on any atom is -0.330 e. The summed E-state index contributed by atoms with van der Waals surface area (Å²) in [7, 11) is 2.04. The Morgan fingerprint density at radius 2 is 2.07 bits per heavy atom. The first-order valence-electron chi connectivity index (χ1n) is 10.1. The third-order valence-corrected chi connectivity index (χ3v) is 6.21. The summed E-state index contributed by atoms with van der Waals surface area (Å²) in [6, 6.07) is 11.5. The van der Waals surface area contributed by atoms with E-state index in [2.05, 4.69) is 20.9 Å². The van der Waals surface area contributed by atoms with E-state index >= 15 is 0 Å². The Kier molecular flexibility index (Phi) is 4.28. The van der Waals surface area contributed by atoms with Gasteiger partial charge >= 0.3 is 0 Å². The van der Waals surface area contributed by atoms with Crippen LogP contribution < -0.4 is 10.9 Å². The number of hydrogen-bond acceptors (Lipinski definition) is 4. The second-order valence-corrected chi connectivity index (χ2v) is 8.36. The van der Waals surface area contributed by atoms with E-state index in [0.717, 1.165) is 55.1 Å². The summed E-state index contributed by atoms with van der Waals surface area (Å²) in [6.45, 7) is 5.03. The summed E-state index contributed by atoms with van der Waals surface area (Å²) < 4.78 is 4.10. The second-order valence-electron chi connectivity index (χ2n) is 8.36. The van der Waals surface area contributed by atoms with E-state index in [1.165, 1.54) is 12.6 Å². The van der Waals surface area contributed by atoms with Gasteiger partial charge in [-0.05, 0) is 36.6 Å². The summed E-state index contributed by atoms with van der Waals surface area (Å²) in [5.74, 6) is 1.84. The van der Waals surface area contributed by atoms with Gasteiger partial charge in [0.1, 0.15) is 5.82 Å². The zero-order valence-electron chi connectivity index (χ0n) is 16.8. The number of nitrogens with one attached hydrogen (secondary N) is 1. The van der Waals surface area contributed by atoms with Crippen LogP contribution in [0.1, 0.15) is 30.8 Å². The van der Waals surface area contributed by atoms with Gasteiger partial charge in [0.05, 0.1) is 17.6 Å². The molecule has 7 nitrogen and oxygen atoms in total. The van der Waals surface area contributed by atoms with E-state index in [4.69, 9.17) is 4.98 Å². The molecule has 1 aromatic carbocycles. The number of aromatic nitrogens is 3. The van der Waals surface area contributed by atoms with E-state index in [1.54, 1.807) is 6.07 Å². The minimum atomic E-state index is -0.0836. The monoisotopic (exact) mass is 391 g/mol. The lowest BCUT2D eigenvalue weighted by molar-refractivity contribution is -0.114. The molecule has 2 atom stereocenters. The number of carbonyl (C=O) groups is 1. The number of benzene rings is 1. The van der Waals surface area contributed by atoms with E-state index in [-0.39, 0.29) is 11.5 Å². The summed E-state index contributed by atoms with van der Waals surface area (Å²) in [6.07, 6.45) is 1.16. The highest BCUT2D eigenvalue weighted by Gasteiger charge is 2.34. The number of likely N-dealkylation sites (tertiary alicyclic amines) is 1. The number of amides is 1. The van der Waals surface area contributed by atoms with Crippen LogP contribution in [0, 0.1) is 5.92 Å². The average Bonchev–Trinajstić information content (AvgIpc) is 2.97. The fourth-order valence-electron chi connectivity index (χ4n) is 5.00. The van der Waals surface area contributed by atoms with Crippen molar-refractivity contribution in [1.82, 2.24) is 19.0 Å². The van der Waals surface area contributed by atoms with Crippen molar-refractivity contribution in [3.8, 4) is 0 Å². The Labute approximate surface area is 169 Å². The number of carbonyl (C=O) groups excluding carboxylic acids is 1. The number of hydrogen-bond donors (Lipinski definition) is 1. The number of nitrogens with zero attached hydrogens (tertiary/aromatic N) is 4. The van der Waals surface area contributed by atoms with Crippen LogP contribution in [-0.2, 0) is 24.9 Å². The van der Waals surface area contributed by atoms with Crippen molar-refractivity contribution in [2.75, 3.05) is 18.4 Å². The van der Waals surface area contributed by atoms with Gasteiger partial charge in [-0.2, -0.15) is 0 Å². The molecule has 1 N–H and O–H groups in total. The molecule has 0 saturated carbocycles. The highest BCUT2D eigenvalue weighted by molar-refractivity contribution is 5.91. The largest absolute Gasteiger partial charge is 0.330 e. The lowest BCUT2D eigenvalue weighted by atomic mass is 9.83. The van der Waals surface area contributed by atoms with Gasteiger partial charge in [0.25, 0.3) is 5.56 Å². The summed E-state index contributed by atoms with van der Waals surface area (Å²) >= 11 is 0. The first kappa shape index (κ1) is 18.1. The standard InChI is InChI=1S/C22H25N5O2/c1-14(28)23-17-6-7-20-18(9-17)24-21(25(20)2)13-26-10-15-8-16(12-26)19-4-3-5-22(29)27(19)11-15/h3-7,9,15-16H,8,10-13H2,1-2H3,(H,23,28)/t15-,16-/m0/s1. The molecule has 3 aromatic rings. The molecule has 2 bridgehead atoms. The number of pyridine rings is 1. The lowest BCUT2D eigenvalue weighted by Crippen LogP contribution is -2.46. The van der Waals surface area contributed by atoms with E-state index in [1.807, 2.05) is 35.9 Å². The molecule has 2 aromatic heterocycles. The predicted molar refractivity (Wildman–Crippen MR) is 112 cm³/mol. The third-order valence-electron chi connectivity index (χ3n) is 6.21. The fraction of sp³-hybridized carbons (Fsp3) is 0.409. The van der Waals surface area contributed by atoms with Gasteiger partial charge in [0.2, 0.25) is 5.91 Å². The van der Waals surface area contributed by atoms with Crippen molar-refractivity contribution in [2.24, 2.45) is 13.0 Å². The quantitative estimate of drug-likeness (QED) is 0.744. The summed E-state index contributed by atoms with van der Waals surface area (Å²) in [5.41, 5.74) is 4.01.